The van der Waals surface area contributed by atoms with Crippen LogP contribution >= 0.6 is 15.9 Å². The smallest absolute Gasteiger partial charge is 0.243 e. The molecule has 2 aromatic rings. The lowest BCUT2D eigenvalue weighted by molar-refractivity contribution is 0.296. The van der Waals surface area contributed by atoms with Gasteiger partial charge in [-0.15, -0.1) is 0 Å². The molecule has 1 atom stereocenters. The predicted molar refractivity (Wildman–Crippen MR) is 75.8 cm³/mol. The summed E-state index contributed by atoms with van der Waals surface area (Å²) >= 11 is 3.54. The topological polar surface area (TPSA) is 51.0 Å². The SMILES string of the molecule is Brc1ccccc1Cc1noc([C@@H]2CCCCN2)n1. The molecule has 0 saturated carbocycles. The fourth-order valence-corrected chi connectivity index (χ4v) is 2.78. The van der Waals surface area contributed by atoms with E-state index >= 15 is 0 Å². The van der Waals surface area contributed by atoms with Gasteiger partial charge in [0, 0.05) is 10.9 Å². The third kappa shape index (κ3) is 3.04. The second-order valence-electron chi connectivity index (χ2n) is 4.82. The average molecular weight is 322 g/mol. The van der Waals surface area contributed by atoms with E-state index < -0.39 is 0 Å². The molecule has 2 heterocycles. The first-order valence-electron chi connectivity index (χ1n) is 6.62. The Morgan fingerprint density at radius 2 is 2.21 bits per heavy atom. The summed E-state index contributed by atoms with van der Waals surface area (Å²) in [6.07, 6.45) is 4.22. The maximum Gasteiger partial charge on any atom is 0.243 e. The van der Waals surface area contributed by atoms with Crippen LogP contribution in [0, 0.1) is 0 Å². The van der Waals surface area contributed by atoms with E-state index in [0.29, 0.717) is 6.42 Å². The molecule has 100 valence electrons. The summed E-state index contributed by atoms with van der Waals surface area (Å²) in [6.45, 7) is 1.03. The van der Waals surface area contributed by atoms with Crippen LogP contribution in [0.4, 0.5) is 0 Å². The molecule has 0 spiro atoms. The lowest BCUT2D eigenvalue weighted by atomic mass is 10.1. The minimum absolute atomic E-state index is 0.231. The van der Waals surface area contributed by atoms with Gasteiger partial charge in [0.2, 0.25) is 5.89 Å². The standard InChI is InChI=1S/C14H16BrN3O/c15-11-6-2-1-5-10(11)9-13-17-14(19-18-13)12-7-3-4-8-16-12/h1-2,5-6,12,16H,3-4,7-9H2/t12-/m0/s1. The van der Waals surface area contributed by atoms with Gasteiger partial charge < -0.3 is 9.84 Å². The van der Waals surface area contributed by atoms with Crippen LogP contribution in [-0.4, -0.2) is 16.7 Å². The summed E-state index contributed by atoms with van der Waals surface area (Å²) in [5, 5.41) is 7.50. The minimum Gasteiger partial charge on any atom is -0.338 e. The summed E-state index contributed by atoms with van der Waals surface area (Å²) in [5.74, 6) is 1.47. The summed E-state index contributed by atoms with van der Waals surface area (Å²) < 4.78 is 6.46. The van der Waals surface area contributed by atoms with Crippen LogP contribution in [-0.2, 0) is 6.42 Å². The molecule has 3 rings (SSSR count). The third-order valence-electron chi connectivity index (χ3n) is 3.40. The maximum atomic E-state index is 5.38. The zero-order valence-corrected chi connectivity index (χ0v) is 12.2. The van der Waals surface area contributed by atoms with Gasteiger partial charge in [0.25, 0.3) is 0 Å². The van der Waals surface area contributed by atoms with Gasteiger partial charge in [-0.05, 0) is 31.0 Å². The molecular formula is C14H16BrN3O. The fourth-order valence-electron chi connectivity index (χ4n) is 2.36. The van der Waals surface area contributed by atoms with Crippen molar-refractivity contribution in [2.24, 2.45) is 0 Å². The van der Waals surface area contributed by atoms with Crippen LogP contribution in [0.5, 0.6) is 0 Å². The van der Waals surface area contributed by atoms with Crippen LogP contribution in [0.3, 0.4) is 0 Å². The number of rotatable bonds is 3. The molecule has 5 heteroatoms. The van der Waals surface area contributed by atoms with Crippen molar-refractivity contribution in [3.05, 3.63) is 46.0 Å². The number of nitrogens with zero attached hydrogens (tertiary/aromatic N) is 2. The van der Waals surface area contributed by atoms with E-state index in [2.05, 4.69) is 37.5 Å². The maximum absolute atomic E-state index is 5.38. The molecule has 0 radical (unpaired) electrons. The summed E-state index contributed by atoms with van der Waals surface area (Å²) in [5.41, 5.74) is 1.17. The molecule has 0 aliphatic carbocycles. The molecule has 1 fully saturated rings. The molecule has 1 aliphatic heterocycles. The number of hydrogen-bond acceptors (Lipinski definition) is 4. The Labute approximate surface area is 120 Å². The first-order valence-corrected chi connectivity index (χ1v) is 7.41. The second-order valence-corrected chi connectivity index (χ2v) is 5.67. The fraction of sp³-hybridized carbons (Fsp3) is 0.429. The number of aromatic nitrogens is 2. The second kappa shape index (κ2) is 5.84. The summed E-state index contributed by atoms with van der Waals surface area (Å²) in [4.78, 5) is 4.51. The number of nitrogens with one attached hydrogen (secondary N) is 1. The molecule has 19 heavy (non-hydrogen) atoms. The summed E-state index contributed by atoms with van der Waals surface area (Å²) in [7, 11) is 0. The number of halogens is 1. The quantitative estimate of drug-likeness (QED) is 0.942. The van der Waals surface area contributed by atoms with Gasteiger partial charge in [-0.1, -0.05) is 45.7 Å². The monoisotopic (exact) mass is 321 g/mol. The first kappa shape index (κ1) is 12.8. The highest BCUT2D eigenvalue weighted by atomic mass is 79.9. The highest BCUT2D eigenvalue weighted by Crippen LogP contribution is 2.23. The van der Waals surface area contributed by atoms with Crippen LogP contribution in [0.15, 0.2) is 33.3 Å². The number of benzene rings is 1. The lowest BCUT2D eigenvalue weighted by Gasteiger charge is -2.19. The van der Waals surface area contributed by atoms with E-state index in [9.17, 15) is 0 Å². The van der Waals surface area contributed by atoms with E-state index in [1.165, 1.54) is 18.4 Å². The molecule has 1 aromatic carbocycles. The zero-order chi connectivity index (χ0) is 13.1. The van der Waals surface area contributed by atoms with Crippen molar-refractivity contribution >= 4 is 15.9 Å². The first-order chi connectivity index (χ1) is 9.33. The molecule has 0 bridgehead atoms. The van der Waals surface area contributed by atoms with Gasteiger partial charge in [0.15, 0.2) is 5.82 Å². The van der Waals surface area contributed by atoms with Crippen molar-refractivity contribution in [3.8, 4) is 0 Å². The van der Waals surface area contributed by atoms with E-state index in [1.807, 2.05) is 18.2 Å². The van der Waals surface area contributed by atoms with Crippen LogP contribution in [0.2, 0.25) is 0 Å². The largest absolute Gasteiger partial charge is 0.338 e. The van der Waals surface area contributed by atoms with Crippen molar-refractivity contribution in [2.75, 3.05) is 6.54 Å². The predicted octanol–water partition coefficient (Wildman–Crippen LogP) is 3.24. The van der Waals surface area contributed by atoms with Crippen molar-refractivity contribution in [1.29, 1.82) is 0 Å². The Kier molecular flexibility index (Phi) is 3.94. The molecule has 1 saturated heterocycles. The van der Waals surface area contributed by atoms with E-state index in [1.54, 1.807) is 0 Å². The van der Waals surface area contributed by atoms with Crippen molar-refractivity contribution in [2.45, 2.75) is 31.7 Å². The Balaban J connectivity index is 1.73. The van der Waals surface area contributed by atoms with Crippen molar-refractivity contribution in [3.63, 3.8) is 0 Å². The molecule has 4 nitrogen and oxygen atoms in total. The number of piperidine rings is 1. The Morgan fingerprint density at radius 3 is 3.00 bits per heavy atom. The van der Waals surface area contributed by atoms with Gasteiger partial charge in [0.05, 0.1) is 6.04 Å². The number of hydrogen-bond donors (Lipinski definition) is 1. The normalized spacial score (nSPS) is 19.5. The van der Waals surface area contributed by atoms with E-state index in [0.717, 1.165) is 29.2 Å². The highest BCUT2D eigenvalue weighted by molar-refractivity contribution is 9.10. The molecule has 1 N–H and O–H groups in total. The molecular weight excluding hydrogens is 306 g/mol. The Bertz CT molecular complexity index is 549. The van der Waals surface area contributed by atoms with Gasteiger partial charge in [0.1, 0.15) is 0 Å². The van der Waals surface area contributed by atoms with Crippen molar-refractivity contribution < 1.29 is 4.52 Å². The Morgan fingerprint density at radius 1 is 1.32 bits per heavy atom. The van der Waals surface area contributed by atoms with E-state index in [4.69, 9.17) is 4.52 Å². The van der Waals surface area contributed by atoms with Gasteiger partial charge >= 0.3 is 0 Å². The molecule has 1 aliphatic rings. The van der Waals surface area contributed by atoms with E-state index in [-0.39, 0.29) is 6.04 Å². The van der Waals surface area contributed by atoms with Gasteiger partial charge in [-0.3, -0.25) is 0 Å². The average Bonchev–Trinajstić information content (AvgIpc) is 2.91. The van der Waals surface area contributed by atoms with Crippen LogP contribution < -0.4 is 5.32 Å². The summed E-state index contributed by atoms with van der Waals surface area (Å²) in [6, 6.07) is 8.34. The van der Waals surface area contributed by atoms with Gasteiger partial charge in [-0.2, -0.15) is 4.98 Å². The van der Waals surface area contributed by atoms with Crippen LogP contribution in [0.1, 0.15) is 42.6 Å². The molecule has 1 aromatic heterocycles. The lowest BCUT2D eigenvalue weighted by Crippen LogP contribution is -2.27. The molecule has 0 unspecified atom stereocenters. The van der Waals surface area contributed by atoms with Crippen molar-refractivity contribution in [1.82, 2.24) is 15.5 Å². The Hall–Kier alpha value is -1.20. The molecule has 0 amide bonds. The third-order valence-corrected chi connectivity index (χ3v) is 4.17. The minimum atomic E-state index is 0.231. The van der Waals surface area contributed by atoms with Crippen LogP contribution in [0.25, 0.3) is 0 Å². The highest BCUT2D eigenvalue weighted by Gasteiger charge is 2.21. The zero-order valence-electron chi connectivity index (χ0n) is 10.6. The van der Waals surface area contributed by atoms with Gasteiger partial charge in [-0.25, -0.2) is 0 Å².